The van der Waals surface area contributed by atoms with Gasteiger partial charge in [0, 0.05) is 16.7 Å². The standard InChI is InChI=1S/C16H16O6/c1-20-13(17)7-12-16(19)11(8-22-12)14(21-2)9-5-3-4-6-10(9)15(16)18/h3-6,12,19H,7-8H2,1-2H3/t12-,16-/m0/s1. The molecule has 1 aromatic carbocycles. The van der Waals surface area contributed by atoms with Gasteiger partial charge in [0.05, 0.1) is 27.2 Å². The zero-order valence-electron chi connectivity index (χ0n) is 12.3. The number of fused-ring (bicyclic) bond motifs is 2. The fourth-order valence-corrected chi connectivity index (χ4v) is 3.05. The molecule has 1 aliphatic heterocycles. The zero-order valence-corrected chi connectivity index (χ0v) is 12.3. The van der Waals surface area contributed by atoms with Crippen molar-refractivity contribution >= 4 is 17.5 Å². The van der Waals surface area contributed by atoms with Gasteiger partial charge >= 0.3 is 5.97 Å². The summed E-state index contributed by atoms with van der Waals surface area (Å²) >= 11 is 0. The summed E-state index contributed by atoms with van der Waals surface area (Å²) in [4.78, 5) is 24.3. The molecule has 2 atom stereocenters. The number of benzene rings is 1. The Morgan fingerprint density at radius 2 is 2.05 bits per heavy atom. The predicted octanol–water partition coefficient (Wildman–Crippen LogP) is 0.933. The first-order valence-electron chi connectivity index (χ1n) is 6.86. The second-order valence-corrected chi connectivity index (χ2v) is 5.23. The third-order valence-electron chi connectivity index (χ3n) is 4.18. The van der Waals surface area contributed by atoms with E-state index >= 15 is 0 Å². The first kappa shape index (κ1) is 14.7. The van der Waals surface area contributed by atoms with Crippen molar-refractivity contribution in [3.63, 3.8) is 0 Å². The molecule has 0 bridgehead atoms. The van der Waals surface area contributed by atoms with Gasteiger partial charge in [-0.25, -0.2) is 0 Å². The van der Waals surface area contributed by atoms with E-state index in [1.165, 1.54) is 14.2 Å². The van der Waals surface area contributed by atoms with Gasteiger partial charge in [-0.3, -0.25) is 9.59 Å². The molecular weight excluding hydrogens is 288 g/mol. The van der Waals surface area contributed by atoms with Gasteiger partial charge in [0.15, 0.2) is 5.60 Å². The number of methoxy groups -OCH3 is 2. The number of hydrogen-bond donors (Lipinski definition) is 1. The molecule has 3 rings (SSSR count). The average Bonchev–Trinajstić information content (AvgIpc) is 2.86. The molecule has 22 heavy (non-hydrogen) atoms. The van der Waals surface area contributed by atoms with Crippen LogP contribution in [0.1, 0.15) is 22.3 Å². The van der Waals surface area contributed by atoms with E-state index in [1.807, 2.05) is 0 Å². The molecule has 1 heterocycles. The highest BCUT2D eigenvalue weighted by Gasteiger charge is 2.57. The molecule has 0 amide bonds. The number of ketones is 1. The number of esters is 1. The number of aliphatic hydroxyl groups is 1. The highest BCUT2D eigenvalue weighted by molar-refractivity contribution is 6.12. The molecule has 1 fully saturated rings. The van der Waals surface area contributed by atoms with Crippen LogP contribution >= 0.6 is 0 Å². The van der Waals surface area contributed by atoms with Gasteiger partial charge in [0.2, 0.25) is 5.78 Å². The molecule has 0 saturated carbocycles. The molecule has 0 aromatic heterocycles. The molecule has 0 radical (unpaired) electrons. The lowest BCUT2D eigenvalue weighted by molar-refractivity contribution is -0.145. The highest BCUT2D eigenvalue weighted by atomic mass is 16.5. The van der Waals surface area contributed by atoms with Crippen LogP contribution in [-0.2, 0) is 19.0 Å². The quantitative estimate of drug-likeness (QED) is 0.837. The van der Waals surface area contributed by atoms with Gasteiger partial charge in [-0.05, 0) is 0 Å². The Labute approximate surface area is 127 Å². The fourth-order valence-electron chi connectivity index (χ4n) is 3.05. The Kier molecular flexibility index (Phi) is 3.50. The van der Waals surface area contributed by atoms with Crippen LogP contribution in [0, 0.1) is 0 Å². The molecule has 116 valence electrons. The summed E-state index contributed by atoms with van der Waals surface area (Å²) in [5.41, 5.74) is -0.566. The van der Waals surface area contributed by atoms with E-state index in [-0.39, 0.29) is 13.0 Å². The molecule has 1 N–H and O–H groups in total. The van der Waals surface area contributed by atoms with Crippen molar-refractivity contribution < 1.29 is 28.9 Å². The Bertz CT molecular complexity index is 677. The molecule has 6 nitrogen and oxygen atoms in total. The smallest absolute Gasteiger partial charge is 0.308 e. The van der Waals surface area contributed by atoms with Crippen molar-refractivity contribution in [3.8, 4) is 0 Å². The van der Waals surface area contributed by atoms with Crippen LogP contribution in [0.15, 0.2) is 29.8 Å². The second-order valence-electron chi connectivity index (χ2n) is 5.23. The van der Waals surface area contributed by atoms with Crippen molar-refractivity contribution in [1.82, 2.24) is 0 Å². The molecular formula is C16H16O6. The fraction of sp³-hybridized carbons (Fsp3) is 0.375. The molecule has 1 aliphatic carbocycles. The van der Waals surface area contributed by atoms with E-state index in [1.54, 1.807) is 24.3 Å². The van der Waals surface area contributed by atoms with Gasteiger partial charge in [0.25, 0.3) is 0 Å². The summed E-state index contributed by atoms with van der Waals surface area (Å²) in [5.74, 6) is -0.610. The van der Waals surface area contributed by atoms with E-state index in [9.17, 15) is 14.7 Å². The molecule has 0 spiro atoms. The van der Waals surface area contributed by atoms with E-state index in [0.717, 1.165) is 0 Å². The van der Waals surface area contributed by atoms with Crippen molar-refractivity contribution in [1.29, 1.82) is 0 Å². The van der Waals surface area contributed by atoms with E-state index in [0.29, 0.717) is 22.5 Å². The summed E-state index contributed by atoms with van der Waals surface area (Å²) < 4.78 is 15.5. The largest absolute Gasteiger partial charge is 0.496 e. The summed E-state index contributed by atoms with van der Waals surface area (Å²) in [7, 11) is 2.72. The lowest BCUT2D eigenvalue weighted by Crippen LogP contribution is -2.50. The lowest BCUT2D eigenvalue weighted by atomic mass is 9.75. The second kappa shape index (κ2) is 5.23. The Hall–Kier alpha value is -2.18. The van der Waals surface area contributed by atoms with Crippen molar-refractivity contribution in [3.05, 3.63) is 41.0 Å². The number of hydrogen-bond acceptors (Lipinski definition) is 6. The van der Waals surface area contributed by atoms with Crippen LogP contribution in [0.5, 0.6) is 0 Å². The summed E-state index contributed by atoms with van der Waals surface area (Å²) in [6.07, 6.45) is -1.19. The van der Waals surface area contributed by atoms with Gasteiger partial charge in [0.1, 0.15) is 11.9 Å². The first-order valence-corrected chi connectivity index (χ1v) is 6.86. The normalized spacial score (nSPS) is 26.5. The SMILES string of the molecule is COC(=O)C[C@@H]1OCC2=C(OC)c3ccccc3C(=O)[C@]21O. The maximum atomic E-state index is 12.8. The molecule has 6 heteroatoms. The Morgan fingerprint density at radius 3 is 2.68 bits per heavy atom. The molecule has 2 aliphatic rings. The van der Waals surface area contributed by atoms with Crippen LogP contribution in [0.25, 0.3) is 5.76 Å². The predicted molar refractivity (Wildman–Crippen MR) is 76.0 cm³/mol. The number of carbonyl (C=O) groups is 2. The van der Waals surface area contributed by atoms with Crippen molar-refractivity contribution in [2.75, 3.05) is 20.8 Å². The summed E-state index contributed by atoms with van der Waals surface area (Å²) in [6.45, 7) is 0.0292. The summed E-state index contributed by atoms with van der Waals surface area (Å²) in [5, 5.41) is 11.0. The minimum atomic E-state index is -1.89. The zero-order chi connectivity index (χ0) is 15.9. The van der Waals surface area contributed by atoms with E-state index in [4.69, 9.17) is 9.47 Å². The van der Waals surface area contributed by atoms with Gasteiger partial charge in [-0.15, -0.1) is 0 Å². The monoisotopic (exact) mass is 304 g/mol. The highest BCUT2D eigenvalue weighted by Crippen LogP contribution is 2.45. The maximum absolute atomic E-state index is 12.8. The van der Waals surface area contributed by atoms with Gasteiger partial charge in [-0.2, -0.15) is 0 Å². The number of carbonyl (C=O) groups excluding carboxylic acids is 2. The number of Topliss-reactive ketones (excluding diaryl/α,β-unsaturated/α-hetero) is 1. The number of rotatable bonds is 3. The van der Waals surface area contributed by atoms with Crippen LogP contribution < -0.4 is 0 Å². The number of ether oxygens (including phenoxy) is 3. The van der Waals surface area contributed by atoms with Crippen molar-refractivity contribution in [2.24, 2.45) is 0 Å². The minimum absolute atomic E-state index is 0.0292. The summed E-state index contributed by atoms with van der Waals surface area (Å²) in [6, 6.07) is 6.88. The van der Waals surface area contributed by atoms with E-state index in [2.05, 4.69) is 4.74 Å². The van der Waals surface area contributed by atoms with Gasteiger partial charge < -0.3 is 19.3 Å². The van der Waals surface area contributed by atoms with Crippen molar-refractivity contribution in [2.45, 2.75) is 18.1 Å². The lowest BCUT2D eigenvalue weighted by Gasteiger charge is -2.33. The Morgan fingerprint density at radius 1 is 1.36 bits per heavy atom. The first-order chi connectivity index (χ1) is 10.5. The van der Waals surface area contributed by atoms with Crippen LogP contribution in [0.4, 0.5) is 0 Å². The minimum Gasteiger partial charge on any atom is -0.496 e. The third kappa shape index (κ3) is 1.88. The molecule has 1 saturated heterocycles. The molecule has 1 aromatic rings. The van der Waals surface area contributed by atoms with Crippen LogP contribution in [0.3, 0.4) is 0 Å². The topological polar surface area (TPSA) is 82.1 Å². The maximum Gasteiger partial charge on any atom is 0.308 e. The Balaban J connectivity index is 2.13. The van der Waals surface area contributed by atoms with Crippen LogP contribution in [-0.4, -0.2) is 49.4 Å². The van der Waals surface area contributed by atoms with Crippen LogP contribution in [0.2, 0.25) is 0 Å². The van der Waals surface area contributed by atoms with E-state index < -0.39 is 23.5 Å². The average molecular weight is 304 g/mol. The van der Waals surface area contributed by atoms with Gasteiger partial charge in [-0.1, -0.05) is 24.3 Å². The molecule has 0 unspecified atom stereocenters. The third-order valence-corrected chi connectivity index (χ3v) is 4.18.